The van der Waals surface area contributed by atoms with Gasteiger partial charge in [0.1, 0.15) is 0 Å². The highest BCUT2D eigenvalue weighted by Gasteiger charge is 2.04. The molecule has 0 radical (unpaired) electrons. The molecule has 24 heavy (non-hydrogen) atoms. The molecule has 0 aliphatic heterocycles. The number of hydrogen-bond donors (Lipinski definition) is 1. The molecule has 3 aromatic rings. The number of carbonyl (C=O) groups is 1. The predicted molar refractivity (Wildman–Crippen MR) is 88.2 cm³/mol. The van der Waals surface area contributed by atoms with Gasteiger partial charge in [0.25, 0.3) is 5.91 Å². The molecule has 8 nitrogen and oxygen atoms in total. The van der Waals surface area contributed by atoms with Crippen molar-refractivity contribution < 1.29 is 10.3 Å². The van der Waals surface area contributed by atoms with Crippen LogP contribution in [0.25, 0.3) is 11.4 Å². The molecular weight excluding hydrogens is 308 g/mol. The normalized spacial score (nSPS) is 10.2. The number of aromatic nitrogens is 4. The fourth-order valence-corrected chi connectivity index (χ4v) is 1.79. The van der Waals surface area contributed by atoms with Gasteiger partial charge in [0.05, 0.1) is 6.21 Å². The number of nitrogens with zero attached hydrogens (tertiary/aromatic N) is 5. The Morgan fingerprint density at radius 2 is 1.46 bits per heavy atom. The summed E-state index contributed by atoms with van der Waals surface area (Å²) in [6, 6.07) is 18.2. The van der Waals surface area contributed by atoms with Crippen LogP contribution in [0.1, 0.15) is 16.2 Å². The van der Waals surface area contributed by atoms with Gasteiger partial charge in [-0.2, -0.15) is 5.10 Å². The maximum Gasteiger partial charge on any atom is 0.271 e. The van der Waals surface area contributed by atoms with Gasteiger partial charge in [-0.25, -0.2) is 5.43 Å². The first-order valence-corrected chi connectivity index (χ1v) is 6.84. The number of amides is 1. The van der Waals surface area contributed by atoms with Gasteiger partial charge >= 0.3 is 0 Å². The van der Waals surface area contributed by atoms with Gasteiger partial charge in [-0.3, -0.25) is 4.79 Å². The number of carbonyl (C=O) groups excluding carboxylic acids is 1. The molecule has 0 bridgehead atoms. The summed E-state index contributed by atoms with van der Waals surface area (Å²) in [6.07, 6.45) is 1.29. The van der Waals surface area contributed by atoms with E-state index in [1.54, 1.807) is 24.3 Å². The Hall–Kier alpha value is -3.52. The largest absolute Gasteiger partial charge is 0.412 e. The molecule has 3 N–H and O–H groups in total. The zero-order valence-corrected chi connectivity index (χ0v) is 12.5. The van der Waals surface area contributed by atoms with Gasteiger partial charge in [-0.15, -0.1) is 20.4 Å². The third-order valence-electron chi connectivity index (χ3n) is 2.91. The van der Waals surface area contributed by atoms with Crippen molar-refractivity contribution in [2.45, 2.75) is 0 Å². The highest BCUT2D eigenvalue weighted by molar-refractivity contribution is 5.94. The molecule has 120 valence electrons. The van der Waals surface area contributed by atoms with E-state index in [4.69, 9.17) is 0 Å². The molecule has 0 aliphatic carbocycles. The number of rotatable bonds is 4. The van der Waals surface area contributed by atoms with Gasteiger partial charge in [-0.1, -0.05) is 48.5 Å². The first-order chi connectivity index (χ1) is 11.3. The van der Waals surface area contributed by atoms with E-state index in [2.05, 4.69) is 30.9 Å². The molecule has 1 heterocycles. The van der Waals surface area contributed by atoms with Crippen molar-refractivity contribution >= 4 is 12.1 Å². The molecule has 0 saturated heterocycles. The second-order valence-electron chi connectivity index (χ2n) is 4.51. The highest BCUT2D eigenvalue weighted by atomic mass is 16.2. The molecular formula is C16H14N6O2. The molecule has 8 heteroatoms. The lowest BCUT2D eigenvalue weighted by atomic mass is 10.2. The number of nitrogens with one attached hydrogen (secondary N) is 1. The zero-order valence-electron chi connectivity index (χ0n) is 12.5. The molecule has 0 fully saturated rings. The molecule has 1 aromatic heterocycles. The smallest absolute Gasteiger partial charge is 0.271 e. The van der Waals surface area contributed by atoms with E-state index in [1.165, 1.54) is 6.21 Å². The highest BCUT2D eigenvalue weighted by Crippen LogP contribution is 2.10. The van der Waals surface area contributed by atoms with E-state index in [9.17, 15) is 4.79 Å². The van der Waals surface area contributed by atoms with Gasteiger partial charge in [0, 0.05) is 11.1 Å². The Morgan fingerprint density at radius 1 is 0.875 bits per heavy atom. The maximum absolute atomic E-state index is 11.8. The summed E-state index contributed by atoms with van der Waals surface area (Å²) >= 11 is 0. The Morgan fingerprint density at radius 3 is 2.08 bits per heavy atom. The molecule has 0 saturated carbocycles. The Labute approximate surface area is 137 Å². The summed E-state index contributed by atoms with van der Waals surface area (Å²) in [5, 5.41) is 19.5. The molecule has 0 unspecified atom stereocenters. The van der Waals surface area contributed by atoms with Crippen LogP contribution >= 0.6 is 0 Å². The van der Waals surface area contributed by atoms with E-state index >= 15 is 0 Å². The number of benzene rings is 2. The minimum absolute atomic E-state index is 0. The molecule has 0 spiro atoms. The van der Waals surface area contributed by atoms with Crippen LogP contribution in [-0.2, 0) is 0 Å². The first-order valence-electron chi connectivity index (χ1n) is 6.84. The van der Waals surface area contributed by atoms with Crippen molar-refractivity contribution in [1.82, 2.24) is 25.8 Å². The summed E-state index contributed by atoms with van der Waals surface area (Å²) in [5.74, 6) is 0.317. The molecule has 1 amide bonds. The van der Waals surface area contributed by atoms with Crippen LogP contribution in [0.2, 0.25) is 0 Å². The van der Waals surface area contributed by atoms with Crippen LogP contribution in [0, 0.1) is 0 Å². The summed E-state index contributed by atoms with van der Waals surface area (Å²) in [7, 11) is 0. The maximum atomic E-state index is 11.8. The van der Waals surface area contributed by atoms with Crippen molar-refractivity contribution in [3.63, 3.8) is 0 Å². The van der Waals surface area contributed by atoms with E-state index < -0.39 is 0 Å². The fourth-order valence-electron chi connectivity index (χ4n) is 1.79. The van der Waals surface area contributed by atoms with E-state index in [0.29, 0.717) is 11.4 Å². The van der Waals surface area contributed by atoms with Crippen LogP contribution in [-0.4, -0.2) is 38.0 Å². The molecule has 3 rings (SSSR count). The van der Waals surface area contributed by atoms with Gasteiger partial charge in [0.2, 0.25) is 11.6 Å². The van der Waals surface area contributed by atoms with Crippen molar-refractivity contribution in [2.24, 2.45) is 5.10 Å². The summed E-state index contributed by atoms with van der Waals surface area (Å²) in [6.45, 7) is 0. The predicted octanol–water partition coefficient (Wildman–Crippen LogP) is 0.873. The zero-order chi connectivity index (χ0) is 15.9. The Bertz CT molecular complexity index is 807. The number of hydrazone groups is 1. The third-order valence-corrected chi connectivity index (χ3v) is 2.91. The standard InChI is InChI=1S/C16H12N6O.H2O/c23-16(13-9-5-2-6-10-13)22-17-11-14-18-20-15(21-19-14)12-7-3-1-4-8-12;/h1-11H,(H,22,23);1H2/b17-11+;. The second-order valence-corrected chi connectivity index (χ2v) is 4.51. The average molecular weight is 322 g/mol. The summed E-state index contributed by atoms with van der Waals surface area (Å²) < 4.78 is 0. The minimum Gasteiger partial charge on any atom is -0.412 e. The van der Waals surface area contributed by atoms with Crippen molar-refractivity contribution in [1.29, 1.82) is 0 Å². The molecule has 0 atom stereocenters. The van der Waals surface area contributed by atoms with Crippen LogP contribution in [0.15, 0.2) is 65.8 Å². The van der Waals surface area contributed by atoms with Crippen molar-refractivity contribution in [3.8, 4) is 11.4 Å². The lowest BCUT2D eigenvalue weighted by Crippen LogP contribution is -2.17. The van der Waals surface area contributed by atoms with E-state index in [1.807, 2.05) is 36.4 Å². The van der Waals surface area contributed by atoms with Crippen molar-refractivity contribution in [3.05, 3.63) is 72.1 Å². The van der Waals surface area contributed by atoms with Gasteiger partial charge in [0.15, 0.2) is 0 Å². The number of hydrogen-bond acceptors (Lipinski definition) is 6. The summed E-state index contributed by atoms with van der Waals surface area (Å²) in [4.78, 5) is 11.8. The average Bonchev–Trinajstić information content (AvgIpc) is 2.64. The Balaban J connectivity index is 0.00000208. The summed E-state index contributed by atoms with van der Waals surface area (Å²) in [5.41, 5.74) is 3.73. The monoisotopic (exact) mass is 322 g/mol. The van der Waals surface area contributed by atoms with Crippen LogP contribution in [0.3, 0.4) is 0 Å². The quantitative estimate of drug-likeness (QED) is 0.563. The van der Waals surface area contributed by atoms with E-state index in [-0.39, 0.29) is 17.2 Å². The lowest BCUT2D eigenvalue weighted by Gasteiger charge is -1.99. The van der Waals surface area contributed by atoms with Gasteiger partial charge in [-0.05, 0) is 12.1 Å². The van der Waals surface area contributed by atoms with Crippen molar-refractivity contribution in [2.75, 3.05) is 0 Å². The van der Waals surface area contributed by atoms with Crippen LogP contribution < -0.4 is 5.43 Å². The van der Waals surface area contributed by atoms with Crippen LogP contribution in [0.5, 0.6) is 0 Å². The Kier molecular flexibility index (Phi) is 5.76. The van der Waals surface area contributed by atoms with Gasteiger partial charge < -0.3 is 5.48 Å². The molecule has 0 aliphatic rings. The SMILES string of the molecule is O.O=C(N/N=C/c1nnc(-c2ccccc2)nn1)c1ccccc1. The second kappa shape index (κ2) is 8.20. The lowest BCUT2D eigenvalue weighted by molar-refractivity contribution is 0.0955. The first kappa shape index (κ1) is 16.8. The third kappa shape index (κ3) is 4.24. The van der Waals surface area contributed by atoms with Crippen LogP contribution in [0.4, 0.5) is 0 Å². The molecule has 2 aromatic carbocycles. The topological polar surface area (TPSA) is 125 Å². The van der Waals surface area contributed by atoms with E-state index in [0.717, 1.165) is 5.56 Å². The minimum atomic E-state index is -0.316. The fraction of sp³-hybridized carbons (Fsp3) is 0.